The zero-order chi connectivity index (χ0) is 19.6. The van der Waals surface area contributed by atoms with Crippen molar-refractivity contribution in [1.29, 1.82) is 0 Å². The quantitative estimate of drug-likeness (QED) is 0.610. The maximum atomic E-state index is 12.8. The van der Waals surface area contributed by atoms with Gasteiger partial charge in [-0.05, 0) is 18.6 Å². The number of hydrogen-bond donors (Lipinski definition) is 0. The number of nitrogens with zero attached hydrogens (tertiary/aromatic N) is 3. The Morgan fingerprint density at radius 1 is 1.19 bits per heavy atom. The summed E-state index contributed by atoms with van der Waals surface area (Å²) < 4.78 is 33.5. The highest BCUT2D eigenvalue weighted by atomic mass is 32.2. The zero-order valence-electron chi connectivity index (χ0n) is 14.9. The Morgan fingerprint density at radius 2 is 1.81 bits per heavy atom. The first kappa shape index (κ1) is 19.2. The van der Waals surface area contributed by atoms with E-state index in [1.165, 1.54) is 7.11 Å². The number of aromatic nitrogens is 2. The van der Waals surface area contributed by atoms with Crippen LogP contribution in [0.5, 0.6) is 0 Å². The molecule has 2 heterocycles. The number of sulfone groups is 1. The molecule has 2 aromatic rings. The summed E-state index contributed by atoms with van der Waals surface area (Å²) >= 11 is 0. The normalized spacial score (nSPS) is 15.3. The fourth-order valence-corrected chi connectivity index (χ4v) is 3.53. The molecule has 1 aliphatic rings. The summed E-state index contributed by atoms with van der Waals surface area (Å²) in [6.07, 6.45) is 1.45. The third kappa shape index (κ3) is 4.06. The highest BCUT2D eigenvalue weighted by Crippen LogP contribution is 2.33. The van der Waals surface area contributed by atoms with E-state index >= 15 is 0 Å². The number of carbonyl (C=O) groups is 2. The average molecular weight is 393 g/mol. The first-order valence-corrected chi connectivity index (χ1v) is 10.3. The third-order valence-corrected chi connectivity index (χ3v) is 5.18. The second-order valence-electron chi connectivity index (χ2n) is 6.25. The highest BCUT2D eigenvalue weighted by molar-refractivity contribution is 7.90. The molecular formula is C17H19N3O6S. The average Bonchev–Trinajstić information content (AvgIpc) is 3.18. The van der Waals surface area contributed by atoms with Gasteiger partial charge in [0.15, 0.2) is 5.82 Å². The van der Waals surface area contributed by atoms with E-state index in [9.17, 15) is 18.0 Å². The van der Waals surface area contributed by atoms with E-state index in [0.29, 0.717) is 18.9 Å². The SMILES string of the molecule is COCCc1noc([C@@H](CCS(C)(=O)=O)N2C(=O)c3ccccc3C2=O)n1. The lowest BCUT2D eigenvalue weighted by atomic mass is 10.1. The summed E-state index contributed by atoms with van der Waals surface area (Å²) in [6.45, 7) is 0.375. The Hall–Kier alpha value is -2.59. The predicted molar refractivity (Wildman–Crippen MR) is 93.9 cm³/mol. The molecule has 0 saturated heterocycles. The van der Waals surface area contributed by atoms with Crippen LogP contribution in [0.4, 0.5) is 0 Å². The summed E-state index contributed by atoms with van der Waals surface area (Å²) in [4.78, 5) is 30.8. The first-order chi connectivity index (χ1) is 12.8. The van der Waals surface area contributed by atoms with Gasteiger partial charge in [-0.1, -0.05) is 17.3 Å². The molecule has 0 spiro atoms. The van der Waals surface area contributed by atoms with Gasteiger partial charge in [-0.3, -0.25) is 14.5 Å². The van der Waals surface area contributed by atoms with E-state index in [1.54, 1.807) is 24.3 Å². The van der Waals surface area contributed by atoms with Crippen LogP contribution in [0.3, 0.4) is 0 Å². The predicted octanol–water partition coefficient (Wildman–Crippen LogP) is 1.03. The minimum atomic E-state index is -3.33. The van der Waals surface area contributed by atoms with Crippen LogP contribution in [0.25, 0.3) is 0 Å². The topological polar surface area (TPSA) is 120 Å². The summed E-state index contributed by atoms with van der Waals surface area (Å²) in [5, 5.41) is 3.82. The summed E-state index contributed by atoms with van der Waals surface area (Å²) in [7, 11) is -1.79. The molecule has 1 aromatic carbocycles. The molecule has 0 N–H and O–H groups in total. The molecule has 1 atom stereocenters. The van der Waals surface area contributed by atoms with Crippen molar-refractivity contribution in [3.63, 3.8) is 0 Å². The molecule has 9 nitrogen and oxygen atoms in total. The van der Waals surface area contributed by atoms with Crippen LogP contribution in [0.1, 0.15) is 44.9 Å². The molecule has 0 fully saturated rings. The van der Waals surface area contributed by atoms with Crippen LogP contribution in [-0.2, 0) is 21.0 Å². The zero-order valence-corrected chi connectivity index (χ0v) is 15.7. The Kier molecular flexibility index (Phi) is 5.38. The van der Waals surface area contributed by atoms with E-state index < -0.39 is 27.7 Å². The molecule has 27 heavy (non-hydrogen) atoms. The Morgan fingerprint density at radius 3 is 2.37 bits per heavy atom. The van der Waals surface area contributed by atoms with Gasteiger partial charge in [-0.2, -0.15) is 4.98 Å². The van der Waals surface area contributed by atoms with Gasteiger partial charge in [-0.25, -0.2) is 8.42 Å². The van der Waals surface area contributed by atoms with Gasteiger partial charge in [0.25, 0.3) is 11.8 Å². The van der Waals surface area contributed by atoms with Crippen molar-refractivity contribution in [3.8, 4) is 0 Å². The summed E-state index contributed by atoms with van der Waals surface area (Å²) in [5.41, 5.74) is 0.539. The van der Waals surface area contributed by atoms with Crippen LogP contribution in [0.15, 0.2) is 28.8 Å². The molecule has 0 unspecified atom stereocenters. The number of amides is 2. The molecule has 10 heteroatoms. The summed E-state index contributed by atoms with van der Waals surface area (Å²) in [5.74, 6) is -0.871. The van der Waals surface area contributed by atoms with Crippen molar-refractivity contribution in [3.05, 3.63) is 47.1 Å². The minimum absolute atomic E-state index is 0.0271. The van der Waals surface area contributed by atoms with E-state index in [1.807, 2.05) is 0 Å². The van der Waals surface area contributed by atoms with E-state index in [2.05, 4.69) is 10.1 Å². The number of benzene rings is 1. The monoisotopic (exact) mass is 393 g/mol. The van der Waals surface area contributed by atoms with Crippen LogP contribution in [-0.4, -0.2) is 61.0 Å². The van der Waals surface area contributed by atoms with Crippen molar-refractivity contribution < 1.29 is 27.3 Å². The summed E-state index contributed by atoms with van der Waals surface area (Å²) in [6, 6.07) is 5.47. The van der Waals surface area contributed by atoms with Crippen molar-refractivity contribution in [2.75, 3.05) is 25.7 Å². The number of imide groups is 1. The number of carbonyl (C=O) groups excluding carboxylic acids is 2. The minimum Gasteiger partial charge on any atom is -0.384 e. The maximum Gasteiger partial charge on any atom is 0.262 e. The van der Waals surface area contributed by atoms with Gasteiger partial charge < -0.3 is 9.26 Å². The van der Waals surface area contributed by atoms with Crippen molar-refractivity contribution >= 4 is 21.7 Å². The smallest absolute Gasteiger partial charge is 0.262 e. The molecule has 1 aromatic heterocycles. The van der Waals surface area contributed by atoms with Crippen LogP contribution in [0, 0.1) is 0 Å². The number of methoxy groups -OCH3 is 1. The van der Waals surface area contributed by atoms with Gasteiger partial charge in [0.05, 0.1) is 23.5 Å². The number of rotatable bonds is 8. The first-order valence-electron chi connectivity index (χ1n) is 8.28. The van der Waals surface area contributed by atoms with Crippen molar-refractivity contribution in [1.82, 2.24) is 15.0 Å². The van der Waals surface area contributed by atoms with E-state index in [-0.39, 0.29) is 29.2 Å². The van der Waals surface area contributed by atoms with Crippen molar-refractivity contribution in [2.45, 2.75) is 18.9 Å². The number of fused-ring (bicyclic) bond motifs is 1. The molecule has 3 rings (SSSR count). The number of ether oxygens (including phenoxy) is 1. The standard InChI is InChI=1S/C17H19N3O6S/c1-25-9-7-14-18-15(26-19-14)13(8-10-27(2,23)24)20-16(21)11-5-3-4-6-12(11)17(20)22/h3-6,13H,7-10H2,1-2H3/t13-/m1/s1. The largest absolute Gasteiger partial charge is 0.384 e. The lowest BCUT2D eigenvalue weighted by molar-refractivity contribution is 0.0547. The lowest BCUT2D eigenvalue weighted by Crippen LogP contribution is -2.35. The highest BCUT2D eigenvalue weighted by Gasteiger charge is 2.42. The van der Waals surface area contributed by atoms with Crippen LogP contribution < -0.4 is 0 Å². The lowest BCUT2D eigenvalue weighted by Gasteiger charge is -2.22. The molecule has 0 bridgehead atoms. The third-order valence-electron chi connectivity index (χ3n) is 4.20. The molecule has 0 saturated carbocycles. The fraction of sp³-hybridized carbons (Fsp3) is 0.412. The van der Waals surface area contributed by atoms with Crippen LogP contribution >= 0.6 is 0 Å². The molecular weight excluding hydrogens is 374 g/mol. The molecule has 144 valence electrons. The van der Waals surface area contributed by atoms with Gasteiger partial charge in [-0.15, -0.1) is 0 Å². The van der Waals surface area contributed by atoms with E-state index in [4.69, 9.17) is 9.26 Å². The van der Waals surface area contributed by atoms with Gasteiger partial charge >= 0.3 is 0 Å². The molecule has 0 radical (unpaired) electrons. The maximum absolute atomic E-state index is 12.8. The Balaban J connectivity index is 1.94. The Labute approximate surface area is 156 Å². The fourth-order valence-electron chi connectivity index (χ4n) is 2.88. The van der Waals surface area contributed by atoms with E-state index in [0.717, 1.165) is 11.2 Å². The van der Waals surface area contributed by atoms with Crippen LogP contribution in [0.2, 0.25) is 0 Å². The molecule has 0 aliphatic carbocycles. The van der Waals surface area contributed by atoms with Gasteiger partial charge in [0, 0.05) is 19.8 Å². The molecule has 1 aliphatic heterocycles. The van der Waals surface area contributed by atoms with Crippen molar-refractivity contribution in [2.24, 2.45) is 0 Å². The molecule has 2 amide bonds. The Bertz CT molecular complexity index is 934. The second-order valence-corrected chi connectivity index (χ2v) is 8.51. The van der Waals surface area contributed by atoms with Gasteiger partial charge in [0.1, 0.15) is 15.9 Å². The number of hydrogen-bond acceptors (Lipinski definition) is 8. The van der Waals surface area contributed by atoms with Gasteiger partial charge in [0.2, 0.25) is 5.89 Å². The second kappa shape index (κ2) is 7.57.